The Morgan fingerprint density at radius 1 is 0.950 bits per heavy atom. The first kappa shape index (κ1) is 14.6. The molecule has 0 amide bonds. The van der Waals surface area contributed by atoms with E-state index in [1.807, 2.05) is 24.3 Å². The summed E-state index contributed by atoms with van der Waals surface area (Å²) in [5, 5.41) is 4.41. The highest BCUT2D eigenvalue weighted by atomic mass is 19.3. The van der Waals surface area contributed by atoms with Gasteiger partial charge in [0.25, 0.3) is 11.8 Å². The first-order chi connectivity index (χ1) is 9.25. The van der Waals surface area contributed by atoms with Crippen molar-refractivity contribution in [3.8, 4) is 0 Å². The molecular formula is C15H15F4N. The minimum absolute atomic E-state index is 0.489. The van der Waals surface area contributed by atoms with Crippen molar-refractivity contribution in [1.82, 2.24) is 0 Å². The minimum Gasteiger partial charge on any atom is -0.379 e. The highest BCUT2D eigenvalue weighted by Gasteiger charge is 2.39. The van der Waals surface area contributed by atoms with E-state index < -0.39 is 24.8 Å². The molecule has 0 aliphatic carbocycles. The lowest BCUT2D eigenvalue weighted by Crippen LogP contribution is -2.33. The molecule has 0 saturated carbocycles. The van der Waals surface area contributed by atoms with Gasteiger partial charge in [-0.25, -0.2) is 17.6 Å². The summed E-state index contributed by atoms with van der Waals surface area (Å²) in [4.78, 5) is 0. The standard InChI is InChI=1S/C15H15F4N/c1-14(16,17)9-15(18,19)10-20-13-7-6-11-4-2-3-5-12(11)8-13/h2-8,20H,9-10H2,1H3. The maximum Gasteiger partial charge on any atom is 0.270 e. The molecule has 0 atom stereocenters. The van der Waals surface area contributed by atoms with E-state index >= 15 is 0 Å². The lowest BCUT2D eigenvalue weighted by Gasteiger charge is -2.21. The first-order valence-corrected chi connectivity index (χ1v) is 6.24. The van der Waals surface area contributed by atoms with Gasteiger partial charge in [-0.1, -0.05) is 30.3 Å². The van der Waals surface area contributed by atoms with Crippen molar-refractivity contribution in [3.63, 3.8) is 0 Å². The number of hydrogen-bond donors (Lipinski definition) is 1. The van der Waals surface area contributed by atoms with Crippen molar-refractivity contribution in [2.24, 2.45) is 0 Å². The summed E-state index contributed by atoms with van der Waals surface area (Å²) < 4.78 is 52.0. The number of rotatable bonds is 5. The highest BCUT2D eigenvalue weighted by Crippen LogP contribution is 2.30. The van der Waals surface area contributed by atoms with Crippen molar-refractivity contribution in [3.05, 3.63) is 42.5 Å². The molecule has 20 heavy (non-hydrogen) atoms. The zero-order valence-electron chi connectivity index (χ0n) is 11.0. The number of nitrogens with one attached hydrogen (secondary N) is 1. The first-order valence-electron chi connectivity index (χ1n) is 6.24. The average Bonchev–Trinajstić information content (AvgIpc) is 2.33. The quantitative estimate of drug-likeness (QED) is 0.768. The smallest absolute Gasteiger partial charge is 0.270 e. The van der Waals surface area contributed by atoms with Crippen LogP contribution in [-0.2, 0) is 0 Å². The minimum atomic E-state index is -3.45. The van der Waals surface area contributed by atoms with Crippen LogP contribution in [0.5, 0.6) is 0 Å². The third kappa shape index (κ3) is 4.11. The average molecular weight is 285 g/mol. The second-order valence-corrected chi connectivity index (χ2v) is 5.02. The Balaban J connectivity index is 2.05. The SMILES string of the molecule is CC(F)(F)CC(F)(F)CNc1ccc2ccccc2c1. The molecule has 0 saturated heterocycles. The fourth-order valence-corrected chi connectivity index (χ4v) is 2.05. The summed E-state index contributed by atoms with van der Waals surface area (Å²) in [5.41, 5.74) is 0.489. The van der Waals surface area contributed by atoms with Crippen LogP contribution in [0.15, 0.2) is 42.5 Å². The number of benzene rings is 2. The largest absolute Gasteiger partial charge is 0.379 e. The van der Waals surface area contributed by atoms with E-state index in [1.165, 1.54) is 0 Å². The third-order valence-corrected chi connectivity index (χ3v) is 2.87. The molecule has 0 aliphatic rings. The highest BCUT2D eigenvalue weighted by molar-refractivity contribution is 5.85. The molecule has 0 fully saturated rings. The van der Waals surface area contributed by atoms with Crippen LogP contribution in [0.25, 0.3) is 10.8 Å². The number of hydrogen-bond acceptors (Lipinski definition) is 1. The van der Waals surface area contributed by atoms with Crippen LogP contribution in [0, 0.1) is 0 Å². The molecule has 0 bridgehead atoms. The molecule has 1 nitrogen and oxygen atoms in total. The molecule has 108 valence electrons. The van der Waals surface area contributed by atoms with Crippen molar-refractivity contribution in [2.45, 2.75) is 25.2 Å². The number of fused-ring (bicyclic) bond motifs is 1. The van der Waals surface area contributed by atoms with Crippen LogP contribution in [-0.4, -0.2) is 18.4 Å². The maximum absolute atomic E-state index is 13.4. The molecule has 0 radical (unpaired) electrons. The van der Waals surface area contributed by atoms with Crippen LogP contribution in [0.4, 0.5) is 23.2 Å². The second-order valence-electron chi connectivity index (χ2n) is 5.02. The lowest BCUT2D eigenvalue weighted by atomic mass is 10.1. The predicted molar refractivity (Wildman–Crippen MR) is 72.6 cm³/mol. The topological polar surface area (TPSA) is 12.0 Å². The number of halogens is 4. The van der Waals surface area contributed by atoms with Crippen molar-refractivity contribution >= 4 is 16.5 Å². The Morgan fingerprint density at radius 3 is 2.25 bits per heavy atom. The fourth-order valence-electron chi connectivity index (χ4n) is 2.05. The molecule has 0 spiro atoms. The van der Waals surface area contributed by atoms with E-state index in [-0.39, 0.29) is 0 Å². The van der Waals surface area contributed by atoms with E-state index in [0.717, 1.165) is 10.8 Å². The van der Waals surface area contributed by atoms with E-state index in [1.54, 1.807) is 18.2 Å². The molecule has 2 aromatic carbocycles. The fraction of sp³-hybridized carbons (Fsp3) is 0.333. The Labute approximate surface area is 114 Å². The van der Waals surface area contributed by atoms with E-state index in [4.69, 9.17) is 0 Å². The van der Waals surface area contributed by atoms with Crippen LogP contribution >= 0.6 is 0 Å². The van der Waals surface area contributed by atoms with Gasteiger partial charge in [-0.3, -0.25) is 0 Å². The zero-order valence-corrected chi connectivity index (χ0v) is 11.0. The van der Waals surface area contributed by atoms with Gasteiger partial charge in [0.15, 0.2) is 0 Å². The van der Waals surface area contributed by atoms with Crippen molar-refractivity contribution in [1.29, 1.82) is 0 Å². The van der Waals surface area contributed by atoms with Gasteiger partial charge in [0.2, 0.25) is 0 Å². The summed E-state index contributed by atoms with van der Waals surface area (Å²) >= 11 is 0. The summed E-state index contributed by atoms with van der Waals surface area (Å²) in [6.07, 6.45) is -1.46. The summed E-state index contributed by atoms with van der Waals surface area (Å²) in [5.74, 6) is -6.83. The normalized spacial score (nSPS) is 12.7. The predicted octanol–water partition coefficient (Wildman–Crippen LogP) is 4.93. The molecule has 2 aromatic rings. The Kier molecular flexibility index (Phi) is 3.88. The molecular weight excluding hydrogens is 270 g/mol. The van der Waals surface area contributed by atoms with E-state index in [0.29, 0.717) is 12.6 Å². The summed E-state index contributed by atoms with van der Waals surface area (Å²) in [6.45, 7) is -0.314. The van der Waals surface area contributed by atoms with Crippen molar-refractivity contribution in [2.75, 3.05) is 11.9 Å². The third-order valence-electron chi connectivity index (χ3n) is 2.87. The molecule has 0 aliphatic heterocycles. The van der Waals surface area contributed by atoms with Gasteiger partial charge in [0.05, 0.1) is 13.0 Å². The molecule has 0 aromatic heterocycles. The van der Waals surface area contributed by atoms with Gasteiger partial charge in [-0.2, -0.15) is 0 Å². The molecule has 2 rings (SSSR count). The van der Waals surface area contributed by atoms with Gasteiger partial charge in [0, 0.05) is 5.69 Å². The van der Waals surface area contributed by atoms with Gasteiger partial charge in [-0.05, 0) is 29.8 Å². The number of anilines is 1. The molecule has 0 unspecified atom stereocenters. The van der Waals surface area contributed by atoms with Crippen LogP contribution < -0.4 is 5.32 Å². The Hall–Kier alpha value is -1.78. The van der Waals surface area contributed by atoms with Crippen LogP contribution in [0.3, 0.4) is 0 Å². The van der Waals surface area contributed by atoms with E-state index in [2.05, 4.69) is 5.32 Å². The Morgan fingerprint density at radius 2 is 1.60 bits per heavy atom. The van der Waals surface area contributed by atoms with Crippen LogP contribution in [0.2, 0.25) is 0 Å². The molecule has 5 heteroatoms. The van der Waals surface area contributed by atoms with Crippen LogP contribution in [0.1, 0.15) is 13.3 Å². The summed E-state index contributed by atoms with van der Waals surface area (Å²) in [7, 11) is 0. The van der Waals surface area contributed by atoms with Gasteiger partial charge < -0.3 is 5.32 Å². The Bertz CT molecular complexity index is 590. The number of alkyl halides is 4. The summed E-state index contributed by atoms with van der Waals surface area (Å²) in [6, 6.07) is 12.7. The van der Waals surface area contributed by atoms with Gasteiger partial charge in [0.1, 0.15) is 0 Å². The van der Waals surface area contributed by atoms with Crippen molar-refractivity contribution < 1.29 is 17.6 Å². The van der Waals surface area contributed by atoms with Gasteiger partial charge in [-0.15, -0.1) is 0 Å². The van der Waals surface area contributed by atoms with Gasteiger partial charge >= 0.3 is 0 Å². The zero-order chi connectivity index (χ0) is 14.8. The molecule has 0 heterocycles. The van der Waals surface area contributed by atoms with E-state index in [9.17, 15) is 17.6 Å². The molecule has 1 N–H and O–H groups in total. The maximum atomic E-state index is 13.4. The second kappa shape index (κ2) is 5.31. The lowest BCUT2D eigenvalue weighted by molar-refractivity contribution is -0.0924. The monoisotopic (exact) mass is 285 g/mol.